The number of methoxy groups -OCH3 is 1. The Kier molecular flexibility index (Phi) is 8.56. The predicted octanol–water partition coefficient (Wildman–Crippen LogP) is 5.21. The second-order valence-electron chi connectivity index (χ2n) is 10.5. The summed E-state index contributed by atoms with van der Waals surface area (Å²) in [5.41, 5.74) is 5.80. The van der Waals surface area contributed by atoms with Crippen LogP contribution in [0.3, 0.4) is 0 Å². The van der Waals surface area contributed by atoms with Crippen molar-refractivity contribution in [1.29, 1.82) is 0 Å². The zero-order chi connectivity index (χ0) is 29.4. The molecule has 1 aromatic heterocycles. The minimum Gasteiger partial charge on any atom is -0.488 e. The van der Waals surface area contributed by atoms with Crippen LogP contribution in [-0.4, -0.2) is 48.8 Å². The van der Waals surface area contributed by atoms with Gasteiger partial charge in [-0.2, -0.15) is 4.31 Å². The number of aromatic nitrogens is 1. The zero-order valence-electron chi connectivity index (χ0n) is 24.3. The van der Waals surface area contributed by atoms with Crippen LogP contribution in [0.15, 0.2) is 47.4 Å². The Morgan fingerprint density at radius 2 is 1.82 bits per heavy atom. The van der Waals surface area contributed by atoms with Crippen LogP contribution in [-0.2, 0) is 33.1 Å². The van der Waals surface area contributed by atoms with Gasteiger partial charge in [-0.15, -0.1) is 0 Å². The van der Waals surface area contributed by atoms with Gasteiger partial charge in [-0.3, -0.25) is 9.59 Å². The van der Waals surface area contributed by atoms with Crippen molar-refractivity contribution in [2.45, 2.75) is 70.9 Å². The molecule has 0 saturated carbocycles. The average Bonchev–Trinajstić information content (AvgIpc) is 3.07. The van der Waals surface area contributed by atoms with Crippen molar-refractivity contribution in [3.05, 3.63) is 81.7 Å². The molecule has 0 aliphatic carbocycles. The average molecular weight is 567 g/mol. The molecule has 0 fully saturated rings. The van der Waals surface area contributed by atoms with Gasteiger partial charge in [0.05, 0.1) is 20.1 Å². The summed E-state index contributed by atoms with van der Waals surface area (Å²) in [5.74, 6) is -0.421. The molecule has 2 atom stereocenters. The number of hydrogen-bond donors (Lipinski definition) is 0. The number of benzene rings is 2. The minimum absolute atomic E-state index is 0.0300. The van der Waals surface area contributed by atoms with Gasteiger partial charge in [0.2, 0.25) is 10.0 Å². The summed E-state index contributed by atoms with van der Waals surface area (Å²) < 4.78 is 42.1. The molecule has 0 saturated heterocycles. The first-order valence-electron chi connectivity index (χ1n) is 13.5. The fraction of sp³-hybridized carbons (Fsp3) is 0.419. The molecular formula is C31H38N2O6S. The monoisotopic (exact) mass is 566 g/mol. The van der Waals surface area contributed by atoms with E-state index in [9.17, 15) is 18.0 Å². The summed E-state index contributed by atoms with van der Waals surface area (Å²) >= 11 is 0. The van der Waals surface area contributed by atoms with Gasteiger partial charge >= 0.3 is 5.97 Å². The van der Waals surface area contributed by atoms with Gasteiger partial charge in [0.25, 0.3) is 0 Å². The van der Waals surface area contributed by atoms with Crippen molar-refractivity contribution in [2.75, 3.05) is 13.7 Å². The van der Waals surface area contributed by atoms with Gasteiger partial charge in [0.15, 0.2) is 5.78 Å². The van der Waals surface area contributed by atoms with Crippen molar-refractivity contribution in [1.82, 2.24) is 8.87 Å². The lowest BCUT2D eigenvalue weighted by Crippen LogP contribution is -2.36. The number of aryl methyl sites for hydroxylation is 1. The van der Waals surface area contributed by atoms with Crippen LogP contribution in [0.2, 0.25) is 0 Å². The Balaban J connectivity index is 1.81. The number of esters is 1. The van der Waals surface area contributed by atoms with Crippen LogP contribution in [0, 0.1) is 20.8 Å². The third kappa shape index (κ3) is 5.45. The summed E-state index contributed by atoms with van der Waals surface area (Å²) in [7, 11) is -0.560. The second kappa shape index (κ2) is 11.6. The number of sulfonamides is 1. The molecular weight excluding hydrogens is 528 g/mol. The van der Waals surface area contributed by atoms with E-state index in [1.165, 1.54) is 11.4 Å². The largest absolute Gasteiger partial charge is 0.488 e. The van der Waals surface area contributed by atoms with Gasteiger partial charge in [-0.1, -0.05) is 37.3 Å². The Hall–Kier alpha value is -3.43. The first-order valence-corrected chi connectivity index (χ1v) is 14.9. The van der Waals surface area contributed by atoms with E-state index in [0.717, 1.165) is 33.6 Å². The summed E-state index contributed by atoms with van der Waals surface area (Å²) in [6.45, 7) is 9.66. The number of para-hydroxylation sites is 1. The molecule has 9 heteroatoms. The number of Topliss-reactive ketones (excluding diaryl/α,β-unsaturated/α-hetero) is 1. The molecule has 1 unspecified atom stereocenters. The number of nitrogens with zero attached hydrogens (tertiary/aromatic N) is 2. The van der Waals surface area contributed by atoms with Gasteiger partial charge in [0.1, 0.15) is 16.7 Å². The quantitative estimate of drug-likeness (QED) is 0.274. The van der Waals surface area contributed by atoms with Gasteiger partial charge in [-0.25, -0.2) is 8.42 Å². The Labute approximate surface area is 237 Å². The maximum atomic E-state index is 13.8. The molecule has 0 N–H and O–H groups in total. The molecule has 0 amide bonds. The van der Waals surface area contributed by atoms with E-state index in [0.29, 0.717) is 17.7 Å². The maximum absolute atomic E-state index is 13.8. The minimum atomic E-state index is -3.82. The van der Waals surface area contributed by atoms with Crippen LogP contribution in [0.4, 0.5) is 0 Å². The van der Waals surface area contributed by atoms with Crippen molar-refractivity contribution in [3.8, 4) is 5.75 Å². The van der Waals surface area contributed by atoms with E-state index in [1.54, 1.807) is 31.2 Å². The van der Waals surface area contributed by atoms with Crippen molar-refractivity contribution in [2.24, 2.45) is 7.05 Å². The smallest absolute Gasteiger partial charge is 0.306 e. The van der Waals surface area contributed by atoms with E-state index in [4.69, 9.17) is 9.47 Å². The van der Waals surface area contributed by atoms with Crippen LogP contribution < -0.4 is 4.74 Å². The van der Waals surface area contributed by atoms with Gasteiger partial charge in [-0.05, 0) is 68.5 Å². The second-order valence-corrected chi connectivity index (χ2v) is 12.4. The lowest BCUT2D eigenvalue weighted by molar-refractivity contribution is -0.140. The van der Waals surface area contributed by atoms with Crippen molar-refractivity contribution in [3.63, 3.8) is 0 Å². The van der Waals surface area contributed by atoms with E-state index < -0.39 is 15.9 Å². The molecule has 1 aliphatic heterocycles. The number of carbonyl (C=O) groups is 2. The molecule has 2 aromatic carbocycles. The van der Waals surface area contributed by atoms with E-state index in [1.807, 2.05) is 57.5 Å². The SMILES string of the molecule is CC[C@@H]1CN(Cc2cc(C(CC(=O)OC)c3c(C)c(C(C)=O)c(C)n3C)ccc2C)S(=O)(=O)c2ccccc2O1. The number of hydrogen-bond acceptors (Lipinski definition) is 6. The fourth-order valence-corrected chi connectivity index (χ4v) is 7.28. The van der Waals surface area contributed by atoms with E-state index in [2.05, 4.69) is 0 Å². The molecule has 4 rings (SSSR count). The molecule has 2 heterocycles. The van der Waals surface area contributed by atoms with Crippen molar-refractivity contribution >= 4 is 21.8 Å². The summed E-state index contributed by atoms with van der Waals surface area (Å²) in [4.78, 5) is 25.2. The van der Waals surface area contributed by atoms with Gasteiger partial charge in [0, 0.05) is 36.5 Å². The molecule has 3 aromatic rings. The lowest BCUT2D eigenvalue weighted by atomic mass is 9.87. The van der Waals surface area contributed by atoms with E-state index in [-0.39, 0.29) is 42.3 Å². The van der Waals surface area contributed by atoms with Crippen molar-refractivity contribution < 1.29 is 27.5 Å². The fourth-order valence-electron chi connectivity index (χ4n) is 5.71. The van der Waals surface area contributed by atoms with Crippen LogP contribution in [0.25, 0.3) is 0 Å². The van der Waals surface area contributed by atoms with Crippen LogP contribution in [0.1, 0.15) is 76.6 Å². The number of rotatable bonds is 8. The van der Waals surface area contributed by atoms with Gasteiger partial charge < -0.3 is 14.0 Å². The third-order valence-corrected chi connectivity index (χ3v) is 9.86. The third-order valence-electron chi connectivity index (χ3n) is 8.01. The maximum Gasteiger partial charge on any atom is 0.306 e. The number of ketones is 1. The summed E-state index contributed by atoms with van der Waals surface area (Å²) in [5, 5.41) is 0. The number of ether oxygens (including phenoxy) is 2. The standard InChI is InChI=1S/C31H38N2O6S/c1-8-25-18-33(40(36,37)28-12-10-9-11-27(28)39-25)17-24-15-23(14-13-19(24)2)26(16-29(35)38-7)31-20(3)30(22(5)34)21(4)32(31)6/h9-15,25-26H,8,16-18H2,1-7H3/t25-,26?/m1/s1. The Bertz CT molecular complexity index is 1560. The highest BCUT2D eigenvalue weighted by molar-refractivity contribution is 7.89. The highest BCUT2D eigenvalue weighted by Gasteiger charge is 2.35. The summed E-state index contributed by atoms with van der Waals surface area (Å²) in [6.07, 6.45) is 0.453. The first-order chi connectivity index (χ1) is 18.9. The number of fused-ring (bicyclic) bond motifs is 1. The molecule has 0 radical (unpaired) electrons. The topological polar surface area (TPSA) is 94.9 Å². The van der Waals surface area contributed by atoms with Crippen LogP contribution in [0.5, 0.6) is 5.75 Å². The molecule has 40 heavy (non-hydrogen) atoms. The predicted molar refractivity (Wildman–Crippen MR) is 153 cm³/mol. The highest BCUT2D eigenvalue weighted by Crippen LogP contribution is 2.37. The lowest BCUT2D eigenvalue weighted by Gasteiger charge is -2.25. The Morgan fingerprint density at radius 3 is 2.45 bits per heavy atom. The first kappa shape index (κ1) is 29.6. The zero-order valence-corrected chi connectivity index (χ0v) is 25.1. The molecule has 0 spiro atoms. The summed E-state index contributed by atoms with van der Waals surface area (Å²) in [6, 6.07) is 12.7. The molecule has 8 nitrogen and oxygen atoms in total. The molecule has 0 bridgehead atoms. The van der Waals surface area contributed by atoms with E-state index >= 15 is 0 Å². The van der Waals surface area contributed by atoms with Crippen LogP contribution >= 0.6 is 0 Å². The Morgan fingerprint density at radius 1 is 1.12 bits per heavy atom. The number of carbonyl (C=O) groups excluding carboxylic acids is 2. The normalized spacial score (nSPS) is 17.4. The molecule has 214 valence electrons. The highest BCUT2D eigenvalue weighted by atomic mass is 32.2. The molecule has 1 aliphatic rings.